The molecule has 3 aromatic carbocycles. The molecule has 0 bridgehead atoms. The van der Waals surface area contributed by atoms with E-state index >= 15 is 0 Å². The van der Waals surface area contributed by atoms with Crippen molar-refractivity contribution in [2.45, 2.75) is 32.4 Å². The summed E-state index contributed by atoms with van der Waals surface area (Å²) >= 11 is 0. The quantitative estimate of drug-likeness (QED) is 0.456. The van der Waals surface area contributed by atoms with Gasteiger partial charge in [-0.15, -0.1) is 0 Å². The molecule has 0 aliphatic rings. The standard InChI is InChI=1S/C25H29NO2/c1-27-24-17-10-16-23(25(24)28-20-22-14-6-3-7-15-22)19-26-18-9-8-13-21-11-4-2-5-12-21/h2-7,10-12,14-17,26H,8-9,13,18-20H2,1H3. The van der Waals surface area contributed by atoms with E-state index in [1.807, 2.05) is 30.3 Å². The van der Waals surface area contributed by atoms with E-state index in [1.165, 1.54) is 12.0 Å². The van der Waals surface area contributed by atoms with Crippen LogP contribution in [0.25, 0.3) is 0 Å². The fraction of sp³-hybridized carbons (Fsp3) is 0.280. The van der Waals surface area contributed by atoms with Crippen LogP contribution in [0.1, 0.15) is 29.5 Å². The summed E-state index contributed by atoms with van der Waals surface area (Å²) in [7, 11) is 1.69. The van der Waals surface area contributed by atoms with E-state index < -0.39 is 0 Å². The third-order valence-electron chi connectivity index (χ3n) is 4.73. The first-order chi connectivity index (χ1) is 13.9. The molecule has 0 radical (unpaired) electrons. The Morgan fingerprint density at radius 1 is 0.750 bits per heavy atom. The normalized spacial score (nSPS) is 10.6. The number of benzene rings is 3. The summed E-state index contributed by atoms with van der Waals surface area (Å²) in [5, 5.41) is 3.54. The molecule has 0 spiro atoms. The minimum atomic E-state index is 0.533. The van der Waals surface area contributed by atoms with E-state index in [0.717, 1.165) is 48.6 Å². The molecule has 3 heteroatoms. The molecule has 0 aliphatic heterocycles. The van der Waals surface area contributed by atoms with E-state index in [4.69, 9.17) is 9.47 Å². The Morgan fingerprint density at radius 2 is 1.46 bits per heavy atom. The van der Waals surface area contributed by atoms with Crippen LogP contribution in [0.4, 0.5) is 0 Å². The van der Waals surface area contributed by atoms with Crippen LogP contribution in [0.15, 0.2) is 78.9 Å². The van der Waals surface area contributed by atoms with Gasteiger partial charge in [-0.05, 0) is 43.0 Å². The molecule has 0 saturated heterocycles. The van der Waals surface area contributed by atoms with Crippen molar-refractivity contribution in [2.24, 2.45) is 0 Å². The number of aryl methyl sites for hydroxylation is 1. The van der Waals surface area contributed by atoms with Gasteiger partial charge < -0.3 is 14.8 Å². The lowest BCUT2D eigenvalue weighted by atomic mass is 10.1. The third-order valence-corrected chi connectivity index (χ3v) is 4.73. The lowest BCUT2D eigenvalue weighted by molar-refractivity contribution is 0.280. The molecule has 3 aromatic rings. The van der Waals surface area contributed by atoms with E-state index in [-0.39, 0.29) is 0 Å². The number of para-hydroxylation sites is 1. The first-order valence-corrected chi connectivity index (χ1v) is 9.94. The van der Waals surface area contributed by atoms with Gasteiger partial charge in [0, 0.05) is 12.1 Å². The Bertz CT molecular complexity index is 818. The highest BCUT2D eigenvalue weighted by Gasteiger charge is 2.10. The highest BCUT2D eigenvalue weighted by molar-refractivity contribution is 5.46. The van der Waals surface area contributed by atoms with Crippen molar-refractivity contribution in [3.05, 3.63) is 95.6 Å². The maximum absolute atomic E-state index is 6.12. The Labute approximate surface area is 168 Å². The molecule has 0 aromatic heterocycles. The van der Waals surface area contributed by atoms with Gasteiger partial charge in [-0.3, -0.25) is 0 Å². The van der Waals surface area contributed by atoms with Crippen LogP contribution in [0.5, 0.6) is 11.5 Å². The number of methoxy groups -OCH3 is 1. The van der Waals surface area contributed by atoms with Gasteiger partial charge in [0.25, 0.3) is 0 Å². The molecule has 0 unspecified atom stereocenters. The number of nitrogens with one attached hydrogen (secondary N) is 1. The predicted octanol–water partition coefficient (Wildman–Crippen LogP) is 5.39. The molecular formula is C25H29NO2. The van der Waals surface area contributed by atoms with E-state index in [9.17, 15) is 0 Å². The van der Waals surface area contributed by atoms with Crippen molar-refractivity contribution >= 4 is 0 Å². The SMILES string of the molecule is COc1cccc(CNCCCCc2ccccc2)c1OCc1ccccc1. The van der Waals surface area contributed by atoms with Crippen LogP contribution in [0.2, 0.25) is 0 Å². The minimum absolute atomic E-state index is 0.533. The number of rotatable bonds is 11. The number of unbranched alkanes of at least 4 members (excludes halogenated alkanes) is 1. The van der Waals surface area contributed by atoms with Gasteiger partial charge in [0.1, 0.15) is 6.61 Å². The molecule has 28 heavy (non-hydrogen) atoms. The first kappa shape index (κ1) is 20.0. The average molecular weight is 376 g/mol. The van der Waals surface area contributed by atoms with Gasteiger partial charge in [-0.2, -0.15) is 0 Å². The summed E-state index contributed by atoms with van der Waals surface area (Å²) in [6.45, 7) is 2.29. The zero-order valence-electron chi connectivity index (χ0n) is 16.6. The second-order valence-corrected chi connectivity index (χ2v) is 6.84. The lowest BCUT2D eigenvalue weighted by Gasteiger charge is -2.16. The molecule has 0 fully saturated rings. The molecule has 3 rings (SSSR count). The van der Waals surface area contributed by atoms with Crippen molar-refractivity contribution in [1.82, 2.24) is 5.32 Å². The number of hydrogen-bond donors (Lipinski definition) is 1. The zero-order valence-corrected chi connectivity index (χ0v) is 16.6. The maximum Gasteiger partial charge on any atom is 0.166 e. The summed E-state index contributed by atoms with van der Waals surface area (Å²) in [6.07, 6.45) is 3.47. The van der Waals surface area contributed by atoms with Crippen molar-refractivity contribution in [2.75, 3.05) is 13.7 Å². The van der Waals surface area contributed by atoms with Crippen LogP contribution in [-0.2, 0) is 19.6 Å². The highest BCUT2D eigenvalue weighted by Crippen LogP contribution is 2.31. The van der Waals surface area contributed by atoms with Gasteiger partial charge in [0.05, 0.1) is 7.11 Å². The van der Waals surface area contributed by atoms with Crippen LogP contribution >= 0.6 is 0 Å². The van der Waals surface area contributed by atoms with Crippen LogP contribution < -0.4 is 14.8 Å². The molecule has 0 saturated carbocycles. The smallest absolute Gasteiger partial charge is 0.166 e. The van der Waals surface area contributed by atoms with E-state index in [2.05, 4.69) is 53.8 Å². The highest BCUT2D eigenvalue weighted by atomic mass is 16.5. The molecule has 0 atom stereocenters. The largest absolute Gasteiger partial charge is 0.493 e. The summed E-state index contributed by atoms with van der Waals surface area (Å²) in [4.78, 5) is 0. The Hall–Kier alpha value is -2.78. The number of ether oxygens (including phenoxy) is 2. The van der Waals surface area contributed by atoms with Crippen LogP contribution in [0.3, 0.4) is 0 Å². The second-order valence-electron chi connectivity index (χ2n) is 6.84. The van der Waals surface area contributed by atoms with Gasteiger partial charge in [-0.1, -0.05) is 72.8 Å². The van der Waals surface area contributed by atoms with Crippen LogP contribution in [0, 0.1) is 0 Å². The van der Waals surface area contributed by atoms with Crippen molar-refractivity contribution in [3.63, 3.8) is 0 Å². The van der Waals surface area contributed by atoms with Crippen molar-refractivity contribution in [1.29, 1.82) is 0 Å². The Kier molecular flexibility index (Phi) is 7.95. The fourth-order valence-corrected chi connectivity index (χ4v) is 3.20. The molecule has 0 amide bonds. The molecule has 146 valence electrons. The Balaban J connectivity index is 1.48. The molecule has 3 nitrogen and oxygen atoms in total. The van der Waals surface area contributed by atoms with Crippen molar-refractivity contribution in [3.8, 4) is 11.5 Å². The molecule has 0 aliphatic carbocycles. The molecule has 0 heterocycles. The summed E-state index contributed by atoms with van der Waals surface area (Å²) < 4.78 is 11.6. The predicted molar refractivity (Wildman–Crippen MR) is 115 cm³/mol. The lowest BCUT2D eigenvalue weighted by Crippen LogP contribution is -2.16. The molecule has 1 N–H and O–H groups in total. The average Bonchev–Trinajstić information content (AvgIpc) is 2.76. The third kappa shape index (κ3) is 6.14. The van der Waals surface area contributed by atoms with Gasteiger partial charge >= 0.3 is 0 Å². The summed E-state index contributed by atoms with van der Waals surface area (Å²) in [5.41, 5.74) is 3.68. The molecular weight excluding hydrogens is 346 g/mol. The Morgan fingerprint density at radius 3 is 2.18 bits per heavy atom. The minimum Gasteiger partial charge on any atom is -0.493 e. The van der Waals surface area contributed by atoms with E-state index in [0.29, 0.717) is 6.61 Å². The first-order valence-electron chi connectivity index (χ1n) is 9.94. The maximum atomic E-state index is 6.12. The second kappa shape index (κ2) is 11.2. The monoisotopic (exact) mass is 375 g/mol. The summed E-state index contributed by atoms with van der Waals surface area (Å²) in [6, 6.07) is 26.9. The van der Waals surface area contributed by atoms with Crippen LogP contribution in [-0.4, -0.2) is 13.7 Å². The number of hydrogen-bond acceptors (Lipinski definition) is 3. The van der Waals surface area contributed by atoms with Gasteiger partial charge in [0.15, 0.2) is 11.5 Å². The van der Waals surface area contributed by atoms with Crippen molar-refractivity contribution < 1.29 is 9.47 Å². The van der Waals surface area contributed by atoms with Gasteiger partial charge in [-0.25, -0.2) is 0 Å². The van der Waals surface area contributed by atoms with Gasteiger partial charge in [0.2, 0.25) is 0 Å². The summed E-state index contributed by atoms with van der Waals surface area (Å²) in [5.74, 6) is 1.60. The fourth-order valence-electron chi connectivity index (χ4n) is 3.20. The van der Waals surface area contributed by atoms with E-state index in [1.54, 1.807) is 7.11 Å². The zero-order chi connectivity index (χ0) is 19.4. The topological polar surface area (TPSA) is 30.5 Å².